The van der Waals surface area contributed by atoms with Gasteiger partial charge in [-0.1, -0.05) is 6.92 Å². The molecule has 0 aliphatic carbocycles. The number of benzene rings is 1. The second kappa shape index (κ2) is 4.78. The van der Waals surface area contributed by atoms with Crippen molar-refractivity contribution in [2.45, 2.75) is 13.3 Å². The lowest BCUT2D eigenvalue weighted by Crippen LogP contribution is -2.12. The van der Waals surface area contributed by atoms with Gasteiger partial charge in [-0.25, -0.2) is 4.39 Å². The zero-order valence-corrected chi connectivity index (χ0v) is 9.33. The minimum absolute atomic E-state index is 0.312. The van der Waals surface area contributed by atoms with Crippen LogP contribution in [0.5, 0.6) is 0 Å². The largest absolute Gasteiger partial charge is 0.321 e. The Kier molecular flexibility index (Phi) is 3.18. The van der Waals surface area contributed by atoms with E-state index in [4.69, 9.17) is 0 Å². The summed E-state index contributed by atoms with van der Waals surface area (Å²) in [6, 6.07) is 7.27. The van der Waals surface area contributed by atoms with Crippen LogP contribution in [-0.4, -0.2) is 16.1 Å². The summed E-state index contributed by atoms with van der Waals surface area (Å²) in [6.45, 7) is 1.97. The Morgan fingerprint density at radius 2 is 2.12 bits per heavy atom. The van der Waals surface area contributed by atoms with Crippen LogP contribution in [0.25, 0.3) is 0 Å². The van der Waals surface area contributed by atoms with E-state index in [-0.39, 0.29) is 11.7 Å². The van der Waals surface area contributed by atoms with E-state index in [0.717, 1.165) is 12.1 Å². The van der Waals surface area contributed by atoms with E-state index in [1.807, 2.05) is 6.92 Å². The number of amides is 1. The van der Waals surface area contributed by atoms with Crippen molar-refractivity contribution in [2.24, 2.45) is 0 Å². The molecule has 4 nitrogen and oxygen atoms in total. The van der Waals surface area contributed by atoms with Gasteiger partial charge in [-0.05, 0) is 36.8 Å². The molecule has 0 aliphatic rings. The van der Waals surface area contributed by atoms with Gasteiger partial charge in [0.25, 0.3) is 5.91 Å². The van der Waals surface area contributed by atoms with Crippen molar-refractivity contribution in [3.8, 4) is 0 Å². The van der Waals surface area contributed by atoms with Crippen LogP contribution in [0.3, 0.4) is 0 Å². The molecule has 1 amide bonds. The lowest BCUT2D eigenvalue weighted by Gasteiger charge is -2.01. The SMILES string of the molecule is CCc1cc(C(=O)Nc2ccc(F)cc2)n[nH]1. The average molecular weight is 233 g/mol. The zero-order chi connectivity index (χ0) is 12.3. The third-order valence-electron chi connectivity index (χ3n) is 2.35. The van der Waals surface area contributed by atoms with E-state index in [0.29, 0.717) is 11.4 Å². The molecular formula is C12H12FN3O. The summed E-state index contributed by atoms with van der Waals surface area (Å²) < 4.78 is 12.7. The number of nitrogens with zero attached hydrogens (tertiary/aromatic N) is 1. The van der Waals surface area contributed by atoms with Crippen molar-refractivity contribution >= 4 is 11.6 Å². The molecule has 17 heavy (non-hydrogen) atoms. The molecule has 0 aliphatic heterocycles. The molecule has 0 unspecified atom stereocenters. The number of aromatic nitrogens is 2. The second-order valence-corrected chi connectivity index (χ2v) is 3.59. The summed E-state index contributed by atoms with van der Waals surface area (Å²) in [7, 11) is 0. The molecule has 1 aromatic heterocycles. The Morgan fingerprint density at radius 3 is 2.71 bits per heavy atom. The van der Waals surface area contributed by atoms with E-state index < -0.39 is 0 Å². The monoisotopic (exact) mass is 233 g/mol. The van der Waals surface area contributed by atoms with Gasteiger partial charge in [-0.3, -0.25) is 9.89 Å². The van der Waals surface area contributed by atoms with Gasteiger partial charge in [-0.15, -0.1) is 0 Å². The van der Waals surface area contributed by atoms with Gasteiger partial charge in [0.1, 0.15) is 5.82 Å². The fourth-order valence-corrected chi connectivity index (χ4v) is 1.39. The minimum Gasteiger partial charge on any atom is -0.321 e. The molecule has 0 atom stereocenters. The summed E-state index contributed by atoms with van der Waals surface area (Å²) in [5.74, 6) is -0.649. The maximum Gasteiger partial charge on any atom is 0.276 e. The predicted octanol–water partition coefficient (Wildman–Crippen LogP) is 2.36. The summed E-state index contributed by atoms with van der Waals surface area (Å²) in [5.41, 5.74) is 1.76. The minimum atomic E-state index is -0.337. The Bertz CT molecular complexity index is 519. The fraction of sp³-hybridized carbons (Fsp3) is 0.167. The van der Waals surface area contributed by atoms with Gasteiger partial charge < -0.3 is 5.32 Å². The van der Waals surface area contributed by atoms with Crippen LogP contribution in [0.1, 0.15) is 23.1 Å². The molecular weight excluding hydrogens is 221 g/mol. The molecule has 0 radical (unpaired) electrons. The highest BCUT2D eigenvalue weighted by atomic mass is 19.1. The molecule has 1 heterocycles. The van der Waals surface area contributed by atoms with E-state index in [9.17, 15) is 9.18 Å². The zero-order valence-electron chi connectivity index (χ0n) is 9.33. The molecule has 0 bridgehead atoms. The maximum absolute atomic E-state index is 12.7. The molecule has 2 aromatic rings. The highest BCUT2D eigenvalue weighted by Crippen LogP contribution is 2.10. The van der Waals surface area contributed by atoms with Crippen LogP contribution >= 0.6 is 0 Å². The lowest BCUT2D eigenvalue weighted by molar-refractivity contribution is 0.102. The first-order chi connectivity index (χ1) is 8.19. The third kappa shape index (κ3) is 2.69. The highest BCUT2D eigenvalue weighted by Gasteiger charge is 2.09. The van der Waals surface area contributed by atoms with E-state index in [2.05, 4.69) is 15.5 Å². The highest BCUT2D eigenvalue weighted by molar-refractivity contribution is 6.02. The van der Waals surface area contributed by atoms with Crippen molar-refractivity contribution in [3.05, 3.63) is 47.5 Å². The first kappa shape index (κ1) is 11.3. The molecule has 0 saturated heterocycles. The number of nitrogens with one attached hydrogen (secondary N) is 2. The van der Waals surface area contributed by atoms with Crippen LogP contribution < -0.4 is 5.32 Å². The number of carbonyl (C=O) groups is 1. The smallest absolute Gasteiger partial charge is 0.276 e. The average Bonchev–Trinajstić information content (AvgIpc) is 2.81. The van der Waals surface area contributed by atoms with Crippen LogP contribution in [0.4, 0.5) is 10.1 Å². The Balaban J connectivity index is 2.08. The molecule has 2 rings (SSSR count). The molecule has 0 spiro atoms. The third-order valence-corrected chi connectivity index (χ3v) is 2.35. The first-order valence-corrected chi connectivity index (χ1v) is 5.30. The number of aromatic amines is 1. The van der Waals surface area contributed by atoms with E-state index in [1.165, 1.54) is 24.3 Å². The van der Waals surface area contributed by atoms with Crippen molar-refractivity contribution in [2.75, 3.05) is 5.32 Å². The normalized spacial score (nSPS) is 10.2. The van der Waals surface area contributed by atoms with Gasteiger partial charge in [0.2, 0.25) is 0 Å². The van der Waals surface area contributed by atoms with Gasteiger partial charge in [-0.2, -0.15) is 5.10 Å². The lowest BCUT2D eigenvalue weighted by atomic mass is 10.2. The Labute approximate surface area is 97.9 Å². The predicted molar refractivity (Wildman–Crippen MR) is 62.3 cm³/mol. The molecule has 1 aromatic carbocycles. The van der Waals surface area contributed by atoms with Crippen LogP contribution in [-0.2, 0) is 6.42 Å². The van der Waals surface area contributed by atoms with E-state index in [1.54, 1.807) is 6.07 Å². The molecule has 5 heteroatoms. The number of rotatable bonds is 3. The van der Waals surface area contributed by atoms with Gasteiger partial charge in [0.05, 0.1) is 0 Å². The topological polar surface area (TPSA) is 57.8 Å². The number of halogens is 1. The Hall–Kier alpha value is -2.17. The molecule has 2 N–H and O–H groups in total. The van der Waals surface area contributed by atoms with Crippen LogP contribution in [0, 0.1) is 5.82 Å². The van der Waals surface area contributed by atoms with E-state index >= 15 is 0 Å². The van der Waals surface area contributed by atoms with Crippen molar-refractivity contribution in [1.82, 2.24) is 10.2 Å². The summed E-state index contributed by atoms with van der Waals surface area (Å²) in [4.78, 5) is 11.7. The van der Waals surface area contributed by atoms with Crippen LogP contribution in [0.2, 0.25) is 0 Å². The van der Waals surface area contributed by atoms with Gasteiger partial charge in [0.15, 0.2) is 5.69 Å². The van der Waals surface area contributed by atoms with Gasteiger partial charge >= 0.3 is 0 Å². The quantitative estimate of drug-likeness (QED) is 0.855. The number of hydrogen-bond acceptors (Lipinski definition) is 2. The number of anilines is 1. The standard InChI is InChI=1S/C12H12FN3O/c1-2-9-7-11(16-15-9)12(17)14-10-5-3-8(13)4-6-10/h3-7H,2H2,1H3,(H,14,17)(H,15,16). The van der Waals surface area contributed by atoms with Crippen molar-refractivity contribution in [1.29, 1.82) is 0 Å². The number of hydrogen-bond donors (Lipinski definition) is 2. The molecule has 0 saturated carbocycles. The Morgan fingerprint density at radius 1 is 1.41 bits per heavy atom. The maximum atomic E-state index is 12.7. The van der Waals surface area contributed by atoms with Crippen LogP contribution in [0.15, 0.2) is 30.3 Å². The molecule has 88 valence electrons. The van der Waals surface area contributed by atoms with Crippen molar-refractivity contribution in [3.63, 3.8) is 0 Å². The summed E-state index contributed by atoms with van der Waals surface area (Å²) in [5, 5.41) is 9.28. The number of H-pyrrole nitrogens is 1. The number of carbonyl (C=O) groups excluding carboxylic acids is 1. The fourth-order valence-electron chi connectivity index (χ4n) is 1.39. The van der Waals surface area contributed by atoms with Crippen molar-refractivity contribution < 1.29 is 9.18 Å². The number of aryl methyl sites for hydroxylation is 1. The summed E-state index contributed by atoms with van der Waals surface area (Å²) >= 11 is 0. The summed E-state index contributed by atoms with van der Waals surface area (Å²) in [6.07, 6.45) is 0.789. The second-order valence-electron chi connectivity index (χ2n) is 3.59. The van der Waals surface area contributed by atoms with Gasteiger partial charge in [0, 0.05) is 11.4 Å². The molecule has 0 fully saturated rings. The first-order valence-electron chi connectivity index (χ1n) is 5.30.